The Kier molecular flexibility index (Phi) is 4.05. The number of hydrogen-bond donors (Lipinski definition) is 3. The molecule has 0 amide bonds. The maximum atomic E-state index is 10.1. The van der Waals surface area contributed by atoms with Crippen LogP contribution in [0.2, 0.25) is 0 Å². The first-order valence-corrected chi connectivity index (χ1v) is 5.73. The van der Waals surface area contributed by atoms with Gasteiger partial charge in [0.2, 0.25) is 6.41 Å². The lowest BCUT2D eigenvalue weighted by molar-refractivity contribution is -0.275. The van der Waals surface area contributed by atoms with Crippen LogP contribution in [0.5, 0.6) is 0 Å². The summed E-state index contributed by atoms with van der Waals surface area (Å²) in [5.74, 6) is 0. The van der Waals surface area contributed by atoms with Gasteiger partial charge in [-0.15, -0.1) is 0 Å². The molecule has 1 unspecified atom stereocenters. The molecule has 0 aromatic heterocycles. The van der Waals surface area contributed by atoms with Crippen LogP contribution in [0.15, 0.2) is 0 Å². The van der Waals surface area contributed by atoms with Gasteiger partial charge in [0.05, 0.1) is 6.10 Å². The van der Waals surface area contributed by atoms with E-state index in [0.29, 0.717) is 12.8 Å². The number of ether oxygens (including phenoxy) is 1. The molecule has 1 aliphatic rings. The zero-order valence-electron chi connectivity index (χ0n) is 10.9. The Hall–Kier alpha value is -0.800. The van der Waals surface area contributed by atoms with E-state index in [9.17, 15) is 10.3 Å². The Morgan fingerprint density at radius 2 is 1.82 bits per heavy atom. The summed E-state index contributed by atoms with van der Waals surface area (Å²) in [6, 6.07) is 2.12. The van der Waals surface area contributed by atoms with Crippen LogP contribution >= 0.6 is 0 Å². The first-order valence-electron chi connectivity index (χ1n) is 5.73. The van der Waals surface area contributed by atoms with Gasteiger partial charge in [0.1, 0.15) is 0 Å². The third kappa shape index (κ3) is 3.33. The van der Waals surface area contributed by atoms with Crippen LogP contribution in [0, 0.1) is 12.5 Å². The summed E-state index contributed by atoms with van der Waals surface area (Å²) in [5.41, 5.74) is -0.801. The lowest BCUT2D eigenvalue weighted by atomic mass is 9.80. The number of nitrogens with one attached hydrogen (secondary N) is 1. The molecule has 0 aromatic carbocycles. The molecular formula is C12H22N2O3. The number of terminal acetylenes is 1. The molecule has 1 rings (SSSR count). The maximum Gasteiger partial charge on any atom is 0.242 e. The quantitative estimate of drug-likeness (QED) is 0.389. The van der Waals surface area contributed by atoms with Gasteiger partial charge in [-0.2, -0.15) is 5.06 Å². The molecule has 98 valence electrons. The van der Waals surface area contributed by atoms with E-state index >= 15 is 0 Å². The predicted octanol–water partition coefficient (Wildman–Crippen LogP) is 0.870. The largest absolute Gasteiger partial charge is 0.351 e. The monoisotopic (exact) mass is 242 g/mol. The van der Waals surface area contributed by atoms with Crippen molar-refractivity contribution in [2.75, 3.05) is 0 Å². The molecule has 0 bridgehead atoms. The van der Waals surface area contributed by atoms with Gasteiger partial charge in [0, 0.05) is 17.1 Å². The summed E-state index contributed by atoms with van der Waals surface area (Å²) in [6.45, 7) is 7.74. The van der Waals surface area contributed by atoms with E-state index in [2.05, 4.69) is 11.4 Å². The summed E-state index contributed by atoms with van der Waals surface area (Å²) < 4.78 is 5.42. The number of aliphatic hydroxyl groups is 1. The van der Waals surface area contributed by atoms with Gasteiger partial charge in [0.25, 0.3) is 0 Å². The van der Waals surface area contributed by atoms with Crippen molar-refractivity contribution in [1.29, 1.82) is 0 Å². The van der Waals surface area contributed by atoms with Crippen LogP contribution in [0.4, 0.5) is 0 Å². The van der Waals surface area contributed by atoms with Gasteiger partial charge in [-0.3, -0.25) is 5.32 Å². The molecule has 0 spiro atoms. The molecule has 1 heterocycles. The van der Waals surface area contributed by atoms with Crippen molar-refractivity contribution >= 4 is 0 Å². The van der Waals surface area contributed by atoms with Crippen molar-refractivity contribution in [3.63, 3.8) is 0 Å². The molecule has 5 heteroatoms. The second-order valence-corrected chi connectivity index (χ2v) is 5.74. The van der Waals surface area contributed by atoms with Crippen molar-refractivity contribution in [1.82, 2.24) is 10.4 Å². The lowest BCUT2D eigenvalue weighted by Crippen LogP contribution is -2.61. The Morgan fingerprint density at radius 3 is 2.24 bits per heavy atom. The molecule has 3 N–H and O–H groups in total. The maximum absolute atomic E-state index is 10.1. The van der Waals surface area contributed by atoms with Gasteiger partial charge in [0.15, 0.2) is 0 Å². The van der Waals surface area contributed by atoms with Gasteiger partial charge in [-0.05, 0) is 40.5 Å². The fraction of sp³-hybridized carbons (Fsp3) is 0.833. The number of aliphatic hydroxyl groups excluding tert-OH is 1. The fourth-order valence-corrected chi connectivity index (χ4v) is 2.56. The summed E-state index contributed by atoms with van der Waals surface area (Å²) in [6.07, 6.45) is 4.94. The Labute approximate surface area is 103 Å². The molecule has 1 aliphatic heterocycles. The molecule has 1 atom stereocenters. The molecule has 1 saturated heterocycles. The van der Waals surface area contributed by atoms with E-state index in [1.807, 2.05) is 27.7 Å². The zero-order valence-corrected chi connectivity index (χ0v) is 10.9. The van der Waals surface area contributed by atoms with Crippen molar-refractivity contribution < 1.29 is 15.1 Å². The average molecular weight is 242 g/mol. The highest BCUT2D eigenvalue weighted by Crippen LogP contribution is 2.37. The van der Waals surface area contributed by atoms with Crippen molar-refractivity contribution in [2.24, 2.45) is 0 Å². The molecule has 0 saturated carbocycles. The van der Waals surface area contributed by atoms with E-state index in [1.165, 1.54) is 5.06 Å². The fourth-order valence-electron chi connectivity index (χ4n) is 2.56. The summed E-state index contributed by atoms with van der Waals surface area (Å²) >= 11 is 0. The smallest absolute Gasteiger partial charge is 0.242 e. The van der Waals surface area contributed by atoms with E-state index in [-0.39, 0.29) is 6.10 Å². The molecular weight excluding hydrogens is 220 g/mol. The van der Waals surface area contributed by atoms with Crippen molar-refractivity contribution in [3.8, 4) is 12.5 Å². The first kappa shape index (κ1) is 14.3. The first-order chi connectivity index (χ1) is 7.69. The van der Waals surface area contributed by atoms with Crippen LogP contribution < -0.4 is 5.32 Å². The highest BCUT2D eigenvalue weighted by atomic mass is 16.6. The van der Waals surface area contributed by atoms with Gasteiger partial charge in [-0.25, -0.2) is 0 Å². The second-order valence-electron chi connectivity index (χ2n) is 5.74. The van der Waals surface area contributed by atoms with Gasteiger partial charge in [-0.1, -0.05) is 6.42 Å². The van der Waals surface area contributed by atoms with Crippen molar-refractivity contribution in [3.05, 3.63) is 0 Å². The highest BCUT2D eigenvalue weighted by Gasteiger charge is 2.45. The Balaban J connectivity index is 2.69. The van der Waals surface area contributed by atoms with Crippen molar-refractivity contribution in [2.45, 2.75) is 64.1 Å². The molecule has 0 aliphatic carbocycles. The number of hydrogen-bond acceptors (Lipinski definition) is 5. The van der Waals surface area contributed by atoms with Gasteiger partial charge < -0.3 is 15.1 Å². The minimum atomic E-state index is -1.16. The minimum absolute atomic E-state index is 0.153. The topological polar surface area (TPSA) is 65.0 Å². The second kappa shape index (κ2) is 4.83. The molecule has 0 aromatic rings. The standard InChI is InChI=1S/C12H22N2O3/c1-6-13-10(15)17-9-7-11(2,3)14(16)12(4,5)8-9/h1,9-10,13,15-16H,7-8H2,2-5H3. The zero-order chi connectivity index (χ0) is 13.3. The van der Waals surface area contributed by atoms with Gasteiger partial charge >= 0.3 is 0 Å². The van der Waals surface area contributed by atoms with E-state index in [1.54, 1.807) is 0 Å². The van der Waals surface area contributed by atoms with E-state index in [4.69, 9.17) is 11.2 Å². The highest BCUT2D eigenvalue weighted by molar-refractivity contribution is 4.96. The average Bonchev–Trinajstić information content (AvgIpc) is 2.13. The number of rotatable bonds is 3. The SMILES string of the molecule is C#CNC(O)OC1CC(C)(C)N(O)C(C)(C)C1. The third-order valence-corrected chi connectivity index (χ3v) is 3.13. The number of piperidine rings is 1. The molecule has 1 fully saturated rings. The predicted molar refractivity (Wildman–Crippen MR) is 63.9 cm³/mol. The van der Waals surface area contributed by atoms with Crippen LogP contribution in [0.25, 0.3) is 0 Å². The number of nitrogens with zero attached hydrogens (tertiary/aromatic N) is 1. The normalized spacial score (nSPS) is 26.2. The summed E-state index contributed by atoms with van der Waals surface area (Å²) in [4.78, 5) is 0. The van der Waals surface area contributed by atoms with E-state index < -0.39 is 17.5 Å². The Bertz CT molecular complexity index is 291. The van der Waals surface area contributed by atoms with Crippen LogP contribution in [-0.2, 0) is 4.74 Å². The summed E-state index contributed by atoms with van der Waals surface area (Å²) in [5, 5.41) is 23.2. The lowest BCUT2D eigenvalue weighted by Gasteiger charge is -2.51. The van der Waals surface area contributed by atoms with Crippen LogP contribution in [-0.4, -0.2) is 39.0 Å². The minimum Gasteiger partial charge on any atom is -0.351 e. The van der Waals surface area contributed by atoms with E-state index in [0.717, 1.165) is 0 Å². The Morgan fingerprint density at radius 1 is 1.35 bits per heavy atom. The molecule has 0 radical (unpaired) electrons. The summed E-state index contributed by atoms with van der Waals surface area (Å²) in [7, 11) is 0. The van der Waals surface area contributed by atoms with Crippen LogP contribution in [0.1, 0.15) is 40.5 Å². The molecule has 5 nitrogen and oxygen atoms in total. The third-order valence-electron chi connectivity index (χ3n) is 3.13. The molecule has 17 heavy (non-hydrogen) atoms. The van der Waals surface area contributed by atoms with Crippen LogP contribution in [0.3, 0.4) is 0 Å². The number of hydroxylamine groups is 2.